The Morgan fingerprint density at radius 3 is 2.60 bits per heavy atom. The average molecular weight is 404 g/mol. The van der Waals surface area contributed by atoms with Crippen LogP contribution in [0.25, 0.3) is 0 Å². The minimum absolute atomic E-state index is 0.309. The summed E-state index contributed by atoms with van der Waals surface area (Å²) in [5.41, 5.74) is 1.54. The molecule has 0 radical (unpaired) electrons. The van der Waals surface area contributed by atoms with Crippen LogP contribution in [0.3, 0.4) is 0 Å². The maximum Gasteiger partial charge on any atom is 0.125 e. The van der Waals surface area contributed by atoms with Crippen molar-refractivity contribution in [3.63, 3.8) is 0 Å². The van der Waals surface area contributed by atoms with Crippen LogP contribution in [0.1, 0.15) is 17.2 Å². The predicted molar refractivity (Wildman–Crippen MR) is 83.5 cm³/mol. The summed E-state index contributed by atoms with van der Waals surface area (Å²) in [5, 5.41) is 10.4. The van der Waals surface area contributed by atoms with Crippen LogP contribution < -0.4 is 4.74 Å². The molecule has 2 aromatic rings. The summed E-state index contributed by atoms with van der Waals surface area (Å²) < 4.78 is 19.9. The topological polar surface area (TPSA) is 29.5 Å². The van der Waals surface area contributed by atoms with Crippen molar-refractivity contribution in [2.75, 3.05) is 7.11 Å². The van der Waals surface area contributed by atoms with Gasteiger partial charge in [0.05, 0.1) is 13.2 Å². The van der Waals surface area contributed by atoms with Crippen LogP contribution in [0.15, 0.2) is 45.3 Å². The SMILES string of the molecule is COc1cc(Br)ccc1C(O)Cc1ccc(F)cc1Br. The molecule has 0 saturated heterocycles. The molecule has 0 bridgehead atoms. The Bertz CT molecular complexity index is 617. The van der Waals surface area contributed by atoms with Gasteiger partial charge in [-0.15, -0.1) is 0 Å². The fraction of sp³-hybridized carbons (Fsp3) is 0.200. The van der Waals surface area contributed by atoms with Gasteiger partial charge in [-0.2, -0.15) is 0 Å². The first-order valence-corrected chi connectivity index (χ1v) is 7.55. The first-order valence-electron chi connectivity index (χ1n) is 5.96. The van der Waals surface area contributed by atoms with Gasteiger partial charge in [0, 0.05) is 20.9 Å². The van der Waals surface area contributed by atoms with Gasteiger partial charge in [-0.25, -0.2) is 4.39 Å². The van der Waals surface area contributed by atoms with Crippen molar-refractivity contribution in [2.45, 2.75) is 12.5 Å². The van der Waals surface area contributed by atoms with Crippen LogP contribution in [0.2, 0.25) is 0 Å². The Balaban J connectivity index is 2.25. The number of hydrogen-bond donors (Lipinski definition) is 1. The van der Waals surface area contributed by atoms with Crippen LogP contribution in [-0.2, 0) is 6.42 Å². The summed E-state index contributed by atoms with van der Waals surface area (Å²) in [5.74, 6) is 0.307. The second kappa shape index (κ2) is 6.70. The van der Waals surface area contributed by atoms with Gasteiger partial charge in [-0.3, -0.25) is 0 Å². The largest absolute Gasteiger partial charge is 0.496 e. The molecule has 2 rings (SSSR count). The van der Waals surface area contributed by atoms with E-state index in [4.69, 9.17) is 4.74 Å². The molecular formula is C15H13Br2FO2. The zero-order valence-electron chi connectivity index (χ0n) is 10.7. The number of benzene rings is 2. The van der Waals surface area contributed by atoms with Crippen LogP contribution in [0, 0.1) is 5.82 Å². The molecule has 0 aliphatic heterocycles. The van der Waals surface area contributed by atoms with E-state index in [0.717, 1.165) is 10.0 Å². The lowest BCUT2D eigenvalue weighted by molar-refractivity contribution is 0.174. The zero-order chi connectivity index (χ0) is 14.7. The van der Waals surface area contributed by atoms with E-state index in [1.165, 1.54) is 12.1 Å². The number of rotatable bonds is 4. The summed E-state index contributed by atoms with van der Waals surface area (Å²) in [6, 6.07) is 9.89. The van der Waals surface area contributed by atoms with Gasteiger partial charge in [0.25, 0.3) is 0 Å². The molecular weight excluding hydrogens is 391 g/mol. The van der Waals surface area contributed by atoms with Crippen molar-refractivity contribution in [1.82, 2.24) is 0 Å². The van der Waals surface area contributed by atoms with E-state index in [0.29, 0.717) is 22.2 Å². The Kier molecular flexibility index (Phi) is 5.18. The standard InChI is InChI=1S/C15H13Br2FO2/c1-20-15-7-10(16)3-5-12(15)14(19)6-9-2-4-11(18)8-13(9)17/h2-5,7-8,14,19H,6H2,1H3. The molecule has 5 heteroatoms. The molecule has 1 unspecified atom stereocenters. The minimum atomic E-state index is -0.722. The molecule has 2 aromatic carbocycles. The first kappa shape index (κ1) is 15.5. The molecule has 0 spiro atoms. The number of halogens is 3. The Morgan fingerprint density at radius 1 is 1.20 bits per heavy atom. The lowest BCUT2D eigenvalue weighted by Crippen LogP contribution is -2.05. The maximum atomic E-state index is 13.1. The lowest BCUT2D eigenvalue weighted by Gasteiger charge is -2.16. The van der Waals surface area contributed by atoms with Gasteiger partial charge in [0.1, 0.15) is 11.6 Å². The van der Waals surface area contributed by atoms with E-state index < -0.39 is 6.10 Å². The molecule has 0 fully saturated rings. The van der Waals surface area contributed by atoms with Crippen molar-refractivity contribution in [3.8, 4) is 5.75 Å². The molecule has 0 heterocycles. The highest BCUT2D eigenvalue weighted by Crippen LogP contribution is 2.32. The third kappa shape index (κ3) is 3.59. The fourth-order valence-corrected chi connectivity index (χ4v) is 2.82. The van der Waals surface area contributed by atoms with E-state index in [9.17, 15) is 9.50 Å². The highest BCUT2D eigenvalue weighted by molar-refractivity contribution is 9.10. The number of hydrogen-bond acceptors (Lipinski definition) is 2. The number of ether oxygens (including phenoxy) is 1. The van der Waals surface area contributed by atoms with Gasteiger partial charge in [0.2, 0.25) is 0 Å². The first-order chi connectivity index (χ1) is 9.51. The molecule has 0 amide bonds. The van der Waals surface area contributed by atoms with Crippen molar-refractivity contribution in [2.24, 2.45) is 0 Å². The lowest BCUT2D eigenvalue weighted by atomic mass is 10.0. The van der Waals surface area contributed by atoms with E-state index >= 15 is 0 Å². The predicted octanol–water partition coefficient (Wildman–Crippen LogP) is 4.64. The molecule has 0 aromatic heterocycles. The third-order valence-electron chi connectivity index (χ3n) is 2.98. The quantitative estimate of drug-likeness (QED) is 0.805. The number of methoxy groups -OCH3 is 1. The normalized spacial score (nSPS) is 12.2. The van der Waals surface area contributed by atoms with E-state index in [-0.39, 0.29) is 5.82 Å². The third-order valence-corrected chi connectivity index (χ3v) is 4.21. The monoisotopic (exact) mass is 402 g/mol. The number of aliphatic hydroxyl groups excluding tert-OH is 1. The molecule has 0 aliphatic carbocycles. The molecule has 1 atom stereocenters. The second-order valence-electron chi connectivity index (χ2n) is 4.34. The Morgan fingerprint density at radius 2 is 1.95 bits per heavy atom. The summed E-state index contributed by atoms with van der Waals surface area (Å²) in [7, 11) is 1.56. The number of aliphatic hydroxyl groups is 1. The average Bonchev–Trinajstić information content (AvgIpc) is 2.41. The minimum Gasteiger partial charge on any atom is -0.496 e. The van der Waals surface area contributed by atoms with Crippen LogP contribution in [0.4, 0.5) is 4.39 Å². The van der Waals surface area contributed by atoms with Gasteiger partial charge < -0.3 is 9.84 Å². The van der Waals surface area contributed by atoms with E-state index in [1.54, 1.807) is 19.2 Å². The molecule has 106 valence electrons. The second-order valence-corrected chi connectivity index (χ2v) is 6.11. The van der Waals surface area contributed by atoms with Gasteiger partial charge in [-0.1, -0.05) is 44.0 Å². The summed E-state index contributed by atoms with van der Waals surface area (Å²) in [4.78, 5) is 0. The van der Waals surface area contributed by atoms with Gasteiger partial charge in [-0.05, 0) is 29.8 Å². The van der Waals surface area contributed by atoms with Crippen molar-refractivity contribution >= 4 is 31.9 Å². The van der Waals surface area contributed by atoms with Crippen molar-refractivity contribution < 1.29 is 14.2 Å². The van der Waals surface area contributed by atoms with Crippen LogP contribution in [-0.4, -0.2) is 12.2 Å². The Labute approximate surface area is 133 Å². The molecule has 0 saturated carbocycles. The summed E-state index contributed by atoms with van der Waals surface area (Å²) in [6.07, 6.45) is -0.349. The summed E-state index contributed by atoms with van der Waals surface area (Å²) >= 11 is 6.67. The van der Waals surface area contributed by atoms with Gasteiger partial charge >= 0.3 is 0 Å². The molecule has 0 aliphatic rings. The molecule has 1 N–H and O–H groups in total. The van der Waals surface area contributed by atoms with Crippen molar-refractivity contribution in [3.05, 3.63) is 62.3 Å². The highest BCUT2D eigenvalue weighted by Gasteiger charge is 2.15. The fourth-order valence-electron chi connectivity index (χ4n) is 1.97. The van der Waals surface area contributed by atoms with Crippen LogP contribution in [0.5, 0.6) is 5.75 Å². The smallest absolute Gasteiger partial charge is 0.125 e. The highest BCUT2D eigenvalue weighted by atomic mass is 79.9. The molecule has 2 nitrogen and oxygen atoms in total. The zero-order valence-corrected chi connectivity index (χ0v) is 13.9. The van der Waals surface area contributed by atoms with E-state index in [1.807, 2.05) is 12.1 Å². The van der Waals surface area contributed by atoms with Crippen LogP contribution >= 0.6 is 31.9 Å². The van der Waals surface area contributed by atoms with Crippen molar-refractivity contribution in [1.29, 1.82) is 0 Å². The maximum absolute atomic E-state index is 13.1. The Hall–Kier alpha value is -0.910. The summed E-state index contributed by atoms with van der Waals surface area (Å²) in [6.45, 7) is 0. The van der Waals surface area contributed by atoms with Gasteiger partial charge in [0.15, 0.2) is 0 Å². The molecule has 20 heavy (non-hydrogen) atoms. The van der Waals surface area contributed by atoms with E-state index in [2.05, 4.69) is 31.9 Å².